The van der Waals surface area contributed by atoms with Crippen molar-refractivity contribution in [2.75, 3.05) is 31.9 Å². The summed E-state index contributed by atoms with van der Waals surface area (Å²) in [6.07, 6.45) is 0. The lowest BCUT2D eigenvalue weighted by Gasteiger charge is -2.28. The molecule has 1 amide bonds. The molecule has 0 aliphatic carbocycles. The number of aryl methyl sites for hydroxylation is 1. The summed E-state index contributed by atoms with van der Waals surface area (Å²) in [6, 6.07) is 5.58. The molecular formula is C12H17N3O. The van der Waals surface area contributed by atoms with Crippen LogP contribution in [0.1, 0.15) is 15.9 Å². The minimum Gasteiger partial charge on any atom is -0.398 e. The smallest absolute Gasteiger partial charge is 0.256 e. The van der Waals surface area contributed by atoms with Crippen LogP contribution >= 0.6 is 0 Å². The molecule has 0 saturated carbocycles. The van der Waals surface area contributed by atoms with Crippen LogP contribution in [-0.2, 0) is 0 Å². The molecule has 1 heterocycles. The Morgan fingerprint density at radius 1 is 1.38 bits per heavy atom. The fourth-order valence-corrected chi connectivity index (χ4v) is 1.89. The minimum absolute atomic E-state index is 0.0442. The van der Waals surface area contributed by atoms with Gasteiger partial charge in [-0.1, -0.05) is 11.6 Å². The van der Waals surface area contributed by atoms with Crippen molar-refractivity contribution in [3.05, 3.63) is 29.3 Å². The van der Waals surface area contributed by atoms with E-state index < -0.39 is 0 Å². The van der Waals surface area contributed by atoms with Gasteiger partial charge in [0.05, 0.1) is 5.56 Å². The summed E-state index contributed by atoms with van der Waals surface area (Å²) in [6.45, 7) is 5.20. The number of benzene rings is 1. The number of anilines is 1. The lowest BCUT2D eigenvalue weighted by Crippen LogP contribution is -2.46. The molecule has 1 saturated heterocycles. The normalized spacial score (nSPS) is 16.2. The van der Waals surface area contributed by atoms with Crippen LogP contribution in [0.25, 0.3) is 0 Å². The molecule has 0 aromatic heterocycles. The topological polar surface area (TPSA) is 58.4 Å². The van der Waals surface area contributed by atoms with Crippen molar-refractivity contribution in [1.82, 2.24) is 10.2 Å². The number of nitrogens with two attached hydrogens (primary N) is 1. The Balaban J connectivity index is 2.22. The van der Waals surface area contributed by atoms with Gasteiger partial charge in [-0.25, -0.2) is 0 Å². The maximum Gasteiger partial charge on any atom is 0.256 e. The van der Waals surface area contributed by atoms with E-state index in [9.17, 15) is 4.79 Å². The third-order valence-electron chi connectivity index (χ3n) is 2.84. The van der Waals surface area contributed by atoms with Crippen molar-refractivity contribution >= 4 is 11.6 Å². The average Bonchev–Trinajstić information content (AvgIpc) is 2.32. The largest absolute Gasteiger partial charge is 0.398 e. The Morgan fingerprint density at radius 3 is 2.75 bits per heavy atom. The standard InChI is InChI=1S/C12H17N3O/c1-9-2-3-11(13)10(8-9)12(16)15-6-4-14-5-7-15/h2-3,8,14H,4-7,13H2,1H3. The van der Waals surface area contributed by atoms with E-state index >= 15 is 0 Å². The first-order chi connectivity index (χ1) is 7.68. The fourth-order valence-electron chi connectivity index (χ4n) is 1.89. The highest BCUT2D eigenvalue weighted by Gasteiger charge is 2.19. The molecule has 0 unspecified atom stereocenters. The van der Waals surface area contributed by atoms with E-state index in [4.69, 9.17) is 5.73 Å². The summed E-state index contributed by atoms with van der Waals surface area (Å²) < 4.78 is 0. The van der Waals surface area contributed by atoms with Crippen LogP contribution in [0.2, 0.25) is 0 Å². The van der Waals surface area contributed by atoms with E-state index in [1.165, 1.54) is 0 Å². The van der Waals surface area contributed by atoms with Gasteiger partial charge >= 0.3 is 0 Å². The Hall–Kier alpha value is -1.55. The summed E-state index contributed by atoms with van der Waals surface area (Å²) >= 11 is 0. The number of nitrogen functional groups attached to an aromatic ring is 1. The van der Waals surface area contributed by atoms with Crippen molar-refractivity contribution in [3.8, 4) is 0 Å². The Labute approximate surface area is 95.4 Å². The number of carbonyl (C=O) groups is 1. The molecule has 0 spiro atoms. The van der Waals surface area contributed by atoms with Crippen molar-refractivity contribution in [2.45, 2.75) is 6.92 Å². The number of rotatable bonds is 1. The summed E-state index contributed by atoms with van der Waals surface area (Å²) in [5, 5.41) is 3.22. The molecule has 1 fully saturated rings. The minimum atomic E-state index is 0.0442. The van der Waals surface area contributed by atoms with Crippen LogP contribution in [0.5, 0.6) is 0 Å². The first kappa shape index (κ1) is 11.0. The first-order valence-corrected chi connectivity index (χ1v) is 5.54. The molecule has 3 N–H and O–H groups in total. The summed E-state index contributed by atoms with van der Waals surface area (Å²) in [7, 11) is 0. The second-order valence-corrected chi connectivity index (χ2v) is 4.13. The van der Waals surface area contributed by atoms with Gasteiger partial charge in [-0.05, 0) is 19.1 Å². The van der Waals surface area contributed by atoms with Gasteiger partial charge < -0.3 is 16.0 Å². The van der Waals surface area contributed by atoms with Crippen molar-refractivity contribution in [1.29, 1.82) is 0 Å². The molecule has 1 aromatic carbocycles. The monoisotopic (exact) mass is 219 g/mol. The lowest BCUT2D eigenvalue weighted by atomic mass is 10.1. The second kappa shape index (κ2) is 4.53. The van der Waals surface area contributed by atoms with E-state index in [0.717, 1.165) is 31.7 Å². The molecule has 2 rings (SSSR count). The summed E-state index contributed by atoms with van der Waals surface area (Å²) in [5.41, 5.74) is 8.09. The van der Waals surface area contributed by atoms with Gasteiger partial charge in [-0.3, -0.25) is 4.79 Å². The number of piperazine rings is 1. The van der Waals surface area contributed by atoms with E-state index in [2.05, 4.69) is 5.32 Å². The van der Waals surface area contributed by atoms with Crippen molar-refractivity contribution < 1.29 is 4.79 Å². The first-order valence-electron chi connectivity index (χ1n) is 5.54. The quantitative estimate of drug-likeness (QED) is 0.681. The maximum absolute atomic E-state index is 12.2. The molecule has 0 radical (unpaired) electrons. The fraction of sp³-hybridized carbons (Fsp3) is 0.417. The molecule has 1 aliphatic heterocycles. The van der Waals surface area contributed by atoms with Crippen LogP contribution in [0.3, 0.4) is 0 Å². The highest BCUT2D eigenvalue weighted by atomic mass is 16.2. The van der Waals surface area contributed by atoms with Crippen LogP contribution in [-0.4, -0.2) is 37.0 Å². The molecule has 4 nitrogen and oxygen atoms in total. The van der Waals surface area contributed by atoms with Gasteiger partial charge in [-0.2, -0.15) is 0 Å². The predicted molar refractivity (Wildman–Crippen MR) is 64.4 cm³/mol. The van der Waals surface area contributed by atoms with Crippen LogP contribution in [0, 0.1) is 6.92 Å². The highest BCUT2D eigenvalue weighted by molar-refractivity contribution is 5.99. The number of hydrogen-bond acceptors (Lipinski definition) is 3. The molecule has 0 bridgehead atoms. The van der Waals surface area contributed by atoms with E-state index in [0.29, 0.717) is 11.3 Å². The average molecular weight is 219 g/mol. The molecule has 86 valence electrons. The number of carbonyl (C=O) groups excluding carboxylic acids is 1. The zero-order valence-corrected chi connectivity index (χ0v) is 9.49. The summed E-state index contributed by atoms with van der Waals surface area (Å²) in [5.74, 6) is 0.0442. The third kappa shape index (κ3) is 2.17. The van der Waals surface area contributed by atoms with Crippen LogP contribution in [0.4, 0.5) is 5.69 Å². The van der Waals surface area contributed by atoms with E-state index in [-0.39, 0.29) is 5.91 Å². The Bertz CT molecular complexity index is 397. The zero-order chi connectivity index (χ0) is 11.5. The van der Waals surface area contributed by atoms with Gasteiger partial charge in [0.25, 0.3) is 5.91 Å². The second-order valence-electron chi connectivity index (χ2n) is 4.13. The van der Waals surface area contributed by atoms with E-state index in [1.807, 2.05) is 24.0 Å². The lowest BCUT2D eigenvalue weighted by molar-refractivity contribution is 0.0737. The van der Waals surface area contributed by atoms with E-state index in [1.54, 1.807) is 6.07 Å². The molecule has 0 atom stereocenters. The van der Waals surface area contributed by atoms with Gasteiger partial charge in [-0.15, -0.1) is 0 Å². The summed E-state index contributed by atoms with van der Waals surface area (Å²) in [4.78, 5) is 14.0. The number of nitrogens with one attached hydrogen (secondary N) is 1. The van der Waals surface area contributed by atoms with Crippen molar-refractivity contribution in [3.63, 3.8) is 0 Å². The van der Waals surface area contributed by atoms with Crippen LogP contribution < -0.4 is 11.1 Å². The molecule has 16 heavy (non-hydrogen) atoms. The Kier molecular flexibility index (Phi) is 3.10. The van der Waals surface area contributed by atoms with Gasteiger partial charge in [0, 0.05) is 31.9 Å². The highest BCUT2D eigenvalue weighted by Crippen LogP contribution is 2.16. The SMILES string of the molecule is Cc1ccc(N)c(C(=O)N2CCNCC2)c1. The third-order valence-corrected chi connectivity index (χ3v) is 2.84. The molecule has 4 heteroatoms. The van der Waals surface area contributed by atoms with Crippen LogP contribution in [0.15, 0.2) is 18.2 Å². The molecule has 1 aromatic rings. The molecule has 1 aliphatic rings. The molecular weight excluding hydrogens is 202 g/mol. The van der Waals surface area contributed by atoms with Crippen molar-refractivity contribution in [2.24, 2.45) is 0 Å². The van der Waals surface area contributed by atoms with Gasteiger partial charge in [0.15, 0.2) is 0 Å². The maximum atomic E-state index is 12.2. The van der Waals surface area contributed by atoms with Gasteiger partial charge in [0.2, 0.25) is 0 Å². The number of hydrogen-bond donors (Lipinski definition) is 2. The van der Waals surface area contributed by atoms with Gasteiger partial charge in [0.1, 0.15) is 0 Å². The number of amides is 1. The predicted octanol–water partition coefficient (Wildman–Crippen LogP) is 0.623. The zero-order valence-electron chi connectivity index (χ0n) is 9.49. The number of nitrogens with zero attached hydrogens (tertiary/aromatic N) is 1. The Morgan fingerprint density at radius 2 is 2.06 bits per heavy atom.